The maximum Gasteiger partial charge on any atom is 0.0951 e. The van der Waals surface area contributed by atoms with Gasteiger partial charge in [-0.2, -0.15) is 0 Å². The van der Waals surface area contributed by atoms with Crippen molar-refractivity contribution < 1.29 is 0 Å². The molecule has 0 amide bonds. The Kier molecular flexibility index (Phi) is 4.33. The topological polar surface area (TPSA) is 29.9 Å². The lowest BCUT2D eigenvalue weighted by Crippen LogP contribution is -2.33. The maximum absolute atomic E-state index is 4.30. The Morgan fingerprint density at radius 2 is 2.00 bits per heavy atom. The summed E-state index contributed by atoms with van der Waals surface area (Å²) in [4.78, 5) is 4.30. The zero-order chi connectivity index (χ0) is 11.4. The molecule has 1 rings (SSSR count). The third-order valence-electron chi connectivity index (χ3n) is 2.69. The summed E-state index contributed by atoms with van der Waals surface area (Å²) in [6.45, 7) is 12.9. The minimum atomic E-state index is 0.500. The lowest BCUT2D eigenvalue weighted by molar-refractivity contribution is 0.437. The molecule has 3 nitrogen and oxygen atoms in total. The number of aryl methyl sites for hydroxylation is 1. The zero-order valence-electron chi connectivity index (χ0n) is 10.5. The van der Waals surface area contributed by atoms with E-state index in [1.807, 2.05) is 6.33 Å². The van der Waals surface area contributed by atoms with Crippen LogP contribution in [0.1, 0.15) is 32.2 Å². The fraction of sp³-hybridized carbons (Fsp3) is 0.750. The summed E-state index contributed by atoms with van der Waals surface area (Å²) in [5, 5.41) is 3.52. The lowest BCUT2D eigenvalue weighted by atomic mass is 10.2. The highest BCUT2D eigenvalue weighted by Crippen LogP contribution is 2.05. The molecule has 86 valence electrons. The predicted molar refractivity (Wildman–Crippen MR) is 64.0 cm³/mol. The predicted octanol–water partition coefficient (Wildman–Crippen LogP) is 2.13. The molecule has 1 N–H and O–H groups in total. The van der Waals surface area contributed by atoms with Crippen LogP contribution in [0.3, 0.4) is 0 Å². The smallest absolute Gasteiger partial charge is 0.0951 e. The Bertz CT molecular complexity index is 302. The molecule has 1 unspecified atom stereocenters. The number of imidazole rings is 1. The molecule has 1 aromatic heterocycles. The largest absolute Gasteiger partial charge is 0.333 e. The van der Waals surface area contributed by atoms with Crippen molar-refractivity contribution in [3.05, 3.63) is 17.7 Å². The first kappa shape index (κ1) is 12.2. The average Bonchev–Trinajstić information content (AvgIpc) is 2.47. The fourth-order valence-electron chi connectivity index (χ4n) is 1.52. The van der Waals surface area contributed by atoms with E-state index in [1.54, 1.807) is 0 Å². The molecule has 0 aliphatic rings. The number of rotatable bonds is 5. The van der Waals surface area contributed by atoms with Gasteiger partial charge in [-0.1, -0.05) is 13.8 Å². The Morgan fingerprint density at radius 1 is 1.33 bits per heavy atom. The van der Waals surface area contributed by atoms with E-state index in [-0.39, 0.29) is 0 Å². The number of hydrogen-bond donors (Lipinski definition) is 1. The molecule has 0 aromatic carbocycles. The Hall–Kier alpha value is -0.830. The molecule has 1 heterocycles. The van der Waals surface area contributed by atoms with Crippen LogP contribution in [0.5, 0.6) is 0 Å². The maximum atomic E-state index is 4.30. The van der Waals surface area contributed by atoms with Crippen molar-refractivity contribution >= 4 is 0 Å². The standard InChI is InChI=1S/C12H23N3/c1-9(2)6-13-10(3)7-15-8-14-11(4)12(15)5/h8-10,13H,6-7H2,1-5H3. The van der Waals surface area contributed by atoms with Crippen LogP contribution in [0, 0.1) is 19.8 Å². The van der Waals surface area contributed by atoms with E-state index in [9.17, 15) is 0 Å². The fourth-order valence-corrected chi connectivity index (χ4v) is 1.52. The molecule has 0 saturated heterocycles. The van der Waals surface area contributed by atoms with Gasteiger partial charge in [0.2, 0.25) is 0 Å². The molecular formula is C12H23N3. The van der Waals surface area contributed by atoms with Crippen LogP contribution < -0.4 is 5.32 Å². The van der Waals surface area contributed by atoms with Gasteiger partial charge in [-0.15, -0.1) is 0 Å². The van der Waals surface area contributed by atoms with Gasteiger partial charge in [-0.25, -0.2) is 4.98 Å². The Morgan fingerprint density at radius 3 is 2.47 bits per heavy atom. The summed E-state index contributed by atoms with van der Waals surface area (Å²) in [7, 11) is 0. The van der Waals surface area contributed by atoms with E-state index >= 15 is 0 Å². The van der Waals surface area contributed by atoms with Gasteiger partial charge in [0, 0.05) is 18.3 Å². The summed E-state index contributed by atoms with van der Waals surface area (Å²) in [5.41, 5.74) is 2.40. The summed E-state index contributed by atoms with van der Waals surface area (Å²) in [6.07, 6.45) is 1.93. The van der Waals surface area contributed by atoms with Gasteiger partial charge < -0.3 is 9.88 Å². The quantitative estimate of drug-likeness (QED) is 0.805. The van der Waals surface area contributed by atoms with Crippen LogP contribution in [0.25, 0.3) is 0 Å². The Labute approximate surface area is 92.9 Å². The summed E-state index contributed by atoms with van der Waals surface area (Å²) < 4.78 is 2.22. The van der Waals surface area contributed by atoms with Gasteiger partial charge in [-0.3, -0.25) is 0 Å². The van der Waals surface area contributed by atoms with Crippen molar-refractivity contribution in [1.82, 2.24) is 14.9 Å². The molecule has 15 heavy (non-hydrogen) atoms. The first-order valence-electron chi connectivity index (χ1n) is 5.72. The number of hydrogen-bond acceptors (Lipinski definition) is 2. The molecule has 1 atom stereocenters. The van der Waals surface area contributed by atoms with Gasteiger partial charge in [0.25, 0.3) is 0 Å². The molecule has 3 heteroatoms. The second kappa shape index (κ2) is 5.31. The van der Waals surface area contributed by atoms with Crippen LogP contribution in [-0.2, 0) is 6.54 Å². The van der Waals surface area contributed by atoms with Crippen molar-refractivity contribution in [2.75, 3.05) is 6.54 Å². The zero-order valence-corrected chi connectivity index (χ0v) is 10.5. The van der Waals surface area contributed by atoms with Gasteiger partial charge in [0.1, 0.15) is 0 Å². The minimum Gasteiger partial charge on any atom is -0.333 e. The average molecular weight is 209 g/mol. The SMILES string of the molecule is Cc1ncn(CC(C)NCC(C)C)c1C. The second-order valence-electron chi connectivity index (χ2n) is 4.77. The molecule has 0 fully saturated rings. The van der Waals surface area contributed by atoms with Crippen LogP contribution in [-0.4, -0.2) is 22.1 Å². The normalized spacial score (nSPS) is 13.5. The van der Waals surface area contributed by atoms with Crippen LogP contribution in [0.15, 0.2) is 6.33 Å². The van der Waals surface area contributed by atoms with E-state index in [2.05, 4.69) is 49.5 Å². The van der Waals surface area contributed by atoms with Crippen molar-refractivity contribution in [1.29, 1.82) is 0 Å². The van der Waals surface area contributed by atoms with Crippen LogP contribution in [0.2, 0.25) is 0 Å². The van der Waals surface area contributed by atoms with Gasteiger partial charge >= 0.3 is 0 Å². The van der Waals surface area contributed by atoms with Crippen molar-refractivity contribution in [2.24, 2.45) is 5.92 Å². The van der Waals surface area contributed by atoms with Crippen molar-refractivity contribution in [3.63, 3.8) is 0 Å². The van der Waals surface area contributed by atoms with E-state index in [4.69, 9.17) is 0 Å². The third-order valence-corrected chi connectivity index (χ3v) is 2.69. The van der Waals surface area contributed by atoms with Gasteiger partial charge in [0.05, 0.1) is 12.0 Å². The minimum absolute atomic E-state index is 0.500. The third kappa shape index (κ3) is 3.67. The first-order chi connectivity index (χ1) is 7.00. The number of nitrogens with zero attached hydrogens (tertiary/aromatic N) is 2. The second-order valence-corrected chi connectivity index (χ2v) is 4.77. The monoisotopic (exact) mass is 209 g/mol. The lowest BCUT2D eigenvalue weighted by Gasteiger charge is -2.16. The molecule has 0 spiro atoms. The molecule has 0 saturated carbocycles. The molecule has 1 aromatic rings. The first-order valence-corrected chi connectivity index (χ1v) is 5.72. The summed E-state index contributed by atoms with van der Waals surface area (Å²) >= 11 is 0. The van der Waals surface area contributed by atoms with E-state index in [0.29, 0.717) is 12.0 Å². The molecular weight excluding hydrogens is 186 g/mol. The van der Waals surface area contributed by atoms with Gasteiger partial charge in [0.15, 0.2) is 0 Å². The molecule has 0 aliphatic heterocycles. The van der Waals surface area contributed by atoms with E-state index in [1.165, 1.54) is 5.69 Å². The summed E-state index contributed by atoms with van der Waals surface area (Å²) in [6, 6.07) is 0.500. The highest BCUT2D eigenvalue weighted by Gasteiger charge is 2.06. The summed E-state index contributed by atoms with van der Waals surface area (Å²) in [5.74, 6) is 0.707. The number of aromatic nitrogens is 2. The van der Waals surface area contributed by atoms with Crippen molar-refractivity contribution in [3.8, 4) is 0 Å². The van der Waals surface area contributed by atoms with Crippen molar-refractivity contribution in [2.45, 2.75) is 47.2 Å². The van der Waals surface area contributed by atoms with Gasteiger partial charge in [-0.05, 0) is 33.2 Å². The van der Waals surface area contributed by atoms with Crippen LogP contribution in [0.4, 0.5) is 0 Å². The van der Waals surface area contributed by atoms with Crippen LogP contribution >= 0.6 is 0 Å². The highest BCUT2D eigenvalue weighted by molar-refractivity contribution is 5.08. The molecule has 0 radical (unpaired) electrons. The van der Waals surface area contributed by atoms with E-state index in [0.717, 1.165) is 18.8 Å². The number of nitrogens with one attached hydrogen (secondary N) is 1. The molecule has 0 bridgehead atoms. The molecule has 0 aliphatic carbocycles. The highest BCUT2D eigenvalue weighted by atomic mass is 15.1. The van der Waals surface area contributed by atoms with E-state index < -0.39 is 0 Å². The Balaban J connectivity index is 2.44.